The number of hydrogen-bond acceptors (Lipinski definition) is 4. The highest BCUT2D eigenvalue weighted by Crippen LogP contribution is 2.31. The van der Waals surface area contributed by atoms with Gasteiger partial charge in [0.1, 0.15) is 12.4 Å². The number of piperazine rings is 1. The van der Waals surface area contributed by atoms with Gasteiger partial charge in [0.15, 0.2) is 0 Å². The first-order valence-corrected chi connectivity index (χ1v) is 9.02. The van der Waals surface area contributed by atoms with Crippen molar-refractivity contribution in [2.75, 3.05) is 42.5 Å². The molecule has 0 spiro atoms. The Morgan fingerprint density at radius 3 is 2.65 bits per heavy atom. The third-order valence-corrected chi connectivity index (χ3v) is 5.11. The molecule has 1 aromatic heterocycles. The van der Waals surface area contributed by atoms with E-state index in [9.17, 15) is 9.59 Å². The largest absolute Gasteiger partial charge is 0.353 e. The first kappa shape index (κ1) is 16.8. The normalized spacial score (nSPS) is 16.8. The van der Waals surface area contributed by atoms with Crippen LogP contribution in [0, 0.1) is 0 Å². The molecule has 26 heavy (non-hydrogen) atoms. The van der Waals surface area contributed by atoms with Gasteiger partial charge in [-0.3, -0.25) is 9.59 Å². The van der Waals surface area contributed by atoms with Crippen molar-refractivity contribution in [2.24, 2.45) is 0 Å². The fourth-order valence-corrected chi connectivity index (χ4v) is 3.68. The number of anilines is 2. The second-order valence-corrected chi connectivity index (χ2v) is 6.92. The van der Waals surface area contributed by atoms with Crippen molar-refractivity contribution in [1.29, 1.82) is 0 Å². The van der Waals surface area contributed by atoms with Crippen LogP contribution in [0.5, 0.6) is 0 Å². The van der Waals surface area contributed by atoms with Crippen molar-refractivity contribution in [2.45, 2.75) is 6.42 Å². The van der Waals surface area contributed by atoms with Crippen LogP contribution in [0.3, 0.4) is 0 Å². The van der Waals surface area contributed by atoms with Crippen LogP contribution in [0.1, 0.15) is 5.56 Å². The molecule has 2 aromatic rings. The van der Waals surface area contributed by atoms with Crippen LogP contribution in [-0.2, 0) is 16.0 Å². The molecule has 0 atom stereocenters. The highest BCUT2D eigenvalue weighted by molar-refractivity contribution is 6.31. The third kappa shape index (κ3) is 3.24. The molecule has 3 heterocycles. The monoisotopic (exact) mass is 370 g/mol. The van der Waals surface area contributed by atoms with Crippen LogP contribution < -0.4 is 9.80 Å². The Kier molecular flexibility index (Phi) is 4.51. The molecule has 1 aromatic carbocycles. The van der Waals surface area contributed by atoms with Gasteiger partial charge in [0.05, 0.1) is 6.42 Å². The lowest BCUT2D eigenvalue weighted by Gasteiger charge is -2.36. The van der Waals surface area contributed by atoms with E-state index in [1.165, 1.54) is 0 Å². The van der Waals surface area contributed by atoms with Gasteiger partial charge in [-0.25, -0.2) is 4.98 Å². The SMILES string of the molecule is O=C(CN1C(=O)Cc2cc(Cl)ccc21)N1CCN(c2ccccn2)CC1. The summed E-state index contributed by atoms with van der Waals surface area (Å²) in [6.45, 7) is 2.82. The molecule has 2 aliphatic heterocycles. The fraction of sp³-hybridized carbons (Fsp3) is 0.316. The number of rotatable bonds is 3. The van der Waals surface area contributed by atoms with Crippen LogP contribution in [-0.4, -0.2) is 54.4 Å². The van der Waals surface area contributed by atoms with Gasteiger partial charge in [0.2, 0.25) is 11.8 Å². The van der Waals surface area contributed by atoms with E-state index < -0.39 is 0 Å². The summed E-state index contributed by atoms with van der Waals surface area (Å²) in [5.41, 5.74) is 1.68. The van der Waals surface area contributed by atoms with E-state index in [1.807, 2.05) is 29.2 Å². The molecule has 0 unspecified atom stereocenters. The maximum absolute atomic E-state index is 12.7. The molecule has 7 heteroatoms. The van der Waals surface area contributed by atoms with Crippen molar-refractivity contribution in [1.82, 2.24) is 9.88 Å². The van der Waals surface area contributed by atoms with Gasteiger partial charge in [0, 0.05) is 43.1 Å². The summed E-state index contributed by atoms with van der Waals surface area (Å²) in [5, 5.41) is 0.607. The molecule has 0 aliphatic carbocycles. The highest BCUT2D eigenvalue weighted by Gasteiger charge is 2.31. The van der Waals surface area contributed by atoms with E-state index in [4.69, 9.17) is 11.6 Å². The molecule has 0 bridgehead atoms. The fourth-order valence-electron chi connectivity index (χ4n) is 3.49. The van der Waals surface area contributed by atoms with Crippen LogP contribution in [0.4, 0.5) is 11.5 Å². The minimum absolute atomic E-state index is 0.0261. The molecule has 0 radical (unpaired) electrons. The van der Waals surface area contributed by atoms with Crippen molar-refractivity contribution in [3.8, 4) is 0 Å². The van der Waals surface area contributed by atoms with E-state index in [0.717, 1.165) is 30.2 Å². The second kappa shape index (κ2) is 6.96. The summed E-state index contributed by atoms with van der Waals surface area (Å²) in [6.07, 6.45) is 2.08. The first-order chi connectivity index (χ1) is 12.6. The van der Waals surface area contributed by atoms with Gasteiger partial charge in [-0.15, -0.1) is 0 Å². The lowest BCUT2D eigenvalue weighted by atomic mass is 10.2. The Morgan fingerprint density at radius 2 is 1.92 bits per heavy atom. The number of carbonyl (C=O) groups excluding carboxylic acids is 2. The average Bonchev–Trinajstić information content (AvgIpc) is 2.97. The Bertz CT molecular complexity index is 835. The molecule has 1 saturated heterocycles. The van der Waals surface area contributed by atoms with Gasteiger partial charge in [-0.2, -0.15) is 0 Å². The lowest BCUT2D eigenvalue weighted by Crippen LogP contribution is -2.51. The number of fused-ring (bicyclic) bond motifs is 1. The number of benzene rings is 1. The van der Waals surface area contributed by atoms with Crippen LogP contribution in [0.25, 0.3) is 0 Å². The van der Waals surface area contributed by atoms with Crippen LogP contribution >= 0.6 is 11.6 Å². The molecule has 2 aliphatic rings. The number of amides is 2. The van der Waals surface area contributed by atoms with E-state index >= 15 is 0 Å². The molecule has 0 N–H and O–H groups in total. The molecule has 6 nitrogen and oxygen atoms in total. The zero-order valence-corrected chi connectivity index (χ0v) is 15.0. The Balaban J connectivity index is 1.39. The summed E-state index contributed by atoms with van der Waals surface area (Å²) < 4.78 is 0. The topological polar surface area (TPSA) is 56.8 Å². The first-order valence-electron chi connectivity index (χ1n) is 8.64. The molecular weight excluding hydrogens is 352 g/mol. The van der Waals surface area contributed by atoms with Crippen molar-refractivity contribution >= 4 is 34.9 Å². The molecule has 2 amide bonds. The van der Waals surface area contributed by atoms with Gasteiger partial charge in [-0.1, -0.05) is 17.7 Å². The quantitative estimate of drug-likeness (QED) is 0.829. The maximum Gasteiger partial charge on any atom is 0.242 e. The Labute approximate surface area is 157 Å². The van der Waals surface area contributed by atoms with Gasteiger partial charge in [-0.05, 0) is 35.9 Å². The summed E-state index contributed by atoms with van der Waals surface area (Å²) >= 11 is 6.00. The standard InChI is InChI=1S/C19H19ClN4O2/c20-15-4-5-16-14(11-15)12-18(25)24(16)13-19(26)23-9-7-22(8-10-23)17-3-1-2-6-21-17/h1-6,11H,7-10,12-13H2. The molecule has 0 saturated carbocycles. The third-order valence-electron chi connectivity index (χ3n) is 4.87. The predicted octanol–water partition coefficient (Wildman–Crippen LogP) is 1.97. The summed E-state index contributed by atoms with van der Waals surface area (Å²) in [4.78, 5) is 34.9. The van der Waals surface area contributed by atoms with Crippen molar-refractivity contribution < 1.29 is 9.59 Å². The molecule has 1 fully saturated rings. The zero-order valence-electron chi connectivity index (χ0n) is 14.3. The Hall–Kier alpha value is -2.60. The minimum Gasteiger partial charge on any atom is -0.353 e. The smallest absolute Gasteiger partial charge is 0.242 e. The second-order valence-electron chi connectivity index (χ2n) is 6.49. The van der Waals surface area contributed by atoms with E-state index in [0.29, 0.717) is 24.5 Å². The number of hydrogen-bond donors (Lipinski definition) is 0. The van der Waals surface area contributed by atoms with Gasteiger partial charge in [0.25, 0.3) is 0 Å². The molecule has 4 rings (SSSR count). The van der Waals surface area contributed by atoms with Crippen molar-refractivity contribution in [3.05, 3.63) is 53.2 Å². The molecular formula is C19H19ClN4O2. The summed E-state index contributed by atoms with van der Waals surface area (Å²) in [5.74, 6) is 0.852. The number of carbonyl (C=O) groups is 2. The van der Waals surface area contributed by atoms with Gasteiger partial charge >= 0.3 is 0 Å². The van der Waals surface area contributed by atoms with E-state index in [-0.39, 0.29) is 18.4 Å². The minimum atomic E-state index is -0.0530. The van der Waals surface area contributed by atoms with Crippen LogP contribution in [0.2, 0.25) is 5.02 Å². The van der Waals surface area contributed by atoms with Crippen molar-refractivity contribution in [3.63, 3.8) is 0 Å². The van der Waals surface area contributed by atoms with Crippen LogP contribution in [0.15, 0.2) is 42.6 Å². The summed E-state index contributed by atoms with van der Waals surface area (Å²) in [6, 6.07) is 11.2. The highest BCUT2D eigenvalue weighted by atomic mass is 35.5. The average molecular weight is 371 g/mol. The predicted molar refractivity (Wildman–Crippen MR) is 101 cm³/mol. The zero-order chi connectivity index (χ0) is 18.1. The summed E-state index contributed by atoms with van der Waals surface area (Å²) in [7, 11) is 0. The lowest BCUT2D eigenvalue weighted by molar-refractivity contribution is -0.131. The number of aromatic nitrogens is 1. The Morgan fingerprint density at radius 1 is 1.12 bits per heavy atom. The van der Waals surface area contributed by atoms with E-state index in [2.05, 4.69) is 9.88 Å². The maximum atomic E-state index is 12.7. The number of pyridine rings is 1. The van der Waals surface area contributed by atoms with Gasteiger partial charge < -0.3 is 14.7 Å². The number of nitrogens with zero attached hydrogens (tertiary/aromatic N) is 4. The molecule has 134 valence electrons. The number of halogens is 1. The van der Waals surface area contributed by atoms with E-state index in [1.54, 1.807) is 23.2 Å².